The van der Waals surface area contributed by atoms with Gasteiger partial charge in [-0.15, -0.1) is 0 Å². The lowest BCUT2D eigenvalue weighted by atomic mass is 9.95. The van der Waals surface area contributed by atoms with Crippen LogP contribution in [0, 0.1) is 5.82 Å². The highest BCUT2D eigenvalue weighted by atomic mass is 32.1. The molecule has 4 aromatic rings. The van der Waals surface area contributed by atoms with Crippen LogP contribution in [0.1, 0.15) is 89.6 Å². The molecule has 1 aromatic heterocycles. The van der Waals surface area contributed by atoms with Crippen LogP contribution in [0.3, 0.4) is 0 Å². The molecule has 1 atom stereocenters. The third kappa shape index (κ3) is 6.17. The lowest BCUT2D eigenvalue weighted by Crippen LogP contribution is -2.46. The van der Waals surface area contributed by atoms with Gasteiger partial charge in [0, 0.05) is 17.5 Å². The van der Waals surface area contributed by atoms with E-state index in [9.17, 15) is 18.8 Å². The van der Waals surface area contributed by atoms with E-state index in [2.05, 4.69) is 15.0 Å². The third-order valence-corrected chi connectivity index (χ3v) is 9.57. The number of aromatic nitrogens is 1. The number of benzene rings is 3. The summed E-state index contributed by atoms with van der Waals surface area (Å²) in [5, 5.41) is 7.80. The molecule has 3 aromatic carbocycles. The number of carbonyl (C=O) groups is 3. The Balaban J connectivity index is 1.44. The van der Waals surface area contributed by atoms with Crippen LogP contribution in [-0.2, 0) is 4.79 Å². The molecule has 2 saturated carbocycles. The number of amides is 3. The van der Waals surface area contributed by atoms with E-state index < -0.39 is 23.7 Å². The van der Waals surface area contributed by atoms with E-state index in [0.717, 1.165) is 80.1 Å². The number of carbonyl (C=O) groups excluding carboxylic acids is 3. The molecule has 2 fully saturated rings. The quantitative estimate of drug-likeness (QED) is 0.209. The zero-order chi connectivity index (χ0) is 30.6. The van der Waals surface area contributed by atoms with Crippen molar-refractivity contribution < 1.29 is 18.8 Å². The van der Waals surface area contributed by atoms with Crippen molar-refractivity contribution in [3.63, 3.8) is 0 Å². The normalized spacial score (nSPS) is 16.5. The minimum absolute atomic E-state index is 0.00975. The Morgan fingerprint density at radius 2 is 1.48 bits per heavy atom. The second-order valence-corrected chi connectivity index (χ2v) is 12.5. The van der Waals surface area contributed by atoms with Crippen molar-refractivity contribution in [2.45, 2.75) is 75.9 Å². The molecular formula is C34H36FN5O3S. The van der Waals surface area contributed by atoms with Gasteiger partial charge in [0.05, 0.1) is 11.4 Å². The number of nitrogens with two attached hydrogens (primary N) is 1. The van der Waals surface area contributed by atoms with E-state index >= 15 is 0 Å². The molecule has 2 aliphatic rings. The molecule has 8 nitrogen and oxygen atoms in total. The summed E-state index contributed by atoms with van der Waals surface area (Å²) in [6.45, 7) is 0. The zero-order valence-corrected chi connectivity index (χ0v) is 25.2. The molecule has 6 rings (SSSR count). The molecule has 0 radical (unpaired) electrons. The molecule has 0 unspecified atom stereocenters. The molecule has 0 aliphatic heterocycles. The number of anilines is 2. The van der Waals surface area contributed by atoms with Crippen LogP contribution in [0.15, 0.2) is 66.7 Å². The van der Waals surface area contributed by atoms with Gasteiger partial charge in [-0.1, -0.05) is 80.6 Å². The average Bonchev–Trinajstić information content (AvgIpc) is 3.70. The zero-order valence-electron chi connectivity index (χ0n) is 24.4. The number of rotatable bonds is 8. The summed E-state index contributed by atoms with van der Waals surface area (Å²) in [7, 11) is 0. The van der Waals surface area contributed by atoms with Crippen molar-refractivity contribution in [3.8, 4) is 0 Å². The minimum Gasteiger partial charge on any atom is -0.395 e. The number of nitrogen functional groups attached to an aromatic ring is 1. The van der Waals surface area contributed by atoms with Crippen LogP contribution < -0.4 is 21.3 Å². The molecule has 228 valence electrons. The van der Waals surface area contributed by atoms with Crippen molar-refractivity contribution in [1.82, 2.24) is 15.0 Å². The van der Waals surface area contributed by atoms with E-state index in [1.807, 2.05) is 36.4 Å². The fourth-order valence-electron chi connectivity index (χ4n) is 6.42. The van der Waals surface area contributed by atoms with E-state index in [1.165, 1.54) is 29.2 Å². The Labute approximate surface area is 260 Å². The maximum Gasteiger partial charge on any atom is 0.273 e. The molecule has 44 heavy (non-hydrogen) atoms. The summed E-state index contributed by atoms with van der Waals surface area (Å²) < 4.78 is 18.4. The van der Waals surface area contributed by atoms with Crippen LogP contribution in [0.4, 0.5) is 15.8 Å². The standard InChI is InChI=1S/C34H36FN5O3S/c35-23-19-17-22(18-20-23)30(33(42)38-25-13-5-6-14-25)40(27-16-8-10-21-9-4-7-15-26(21)27)34(43)31-28(36)29(39-44-31)32(41)37-24-11-2-1-3-12-24/h4,7-10,15-20,24-25,30H,1-3,5-6,11-14,36H2,(H,37,41)(H,38,42)/t30-/m1/s1. The average molecular weight is 614 g/mol. The van der Waals surface area contributed by atoms with E-state index in [1.54, 1.807) is 6.07 Å². The van der Waals surface area contributed by atoms with Gasteiger partial charge in [-0.3, -0.25) is 19.3 Å². The smallest absolute Gasteiger partial charge is 0.273 e. The summed E-state index contributed by atoms with van der Waals surface area (Å²) in [5.74, 6) is -1.80. The van der Waals surface area contributed by atoms with Crippen LogP contribution in [0.25, 0.3) is 10.8 Å². The van der Waals surface area contributed by atoms with E-state index in [-0.39, 0.29) is 34.2 Å². The molecule has 0 spiro atoms. The number of halogens is 1. The topological polar surface area (TPSA) is 117 Å². The van der Waals surface area contributed by atoms with Crippen molar-refractivity contribution in [2.75, 3.05) is 10.6 Å². The molecular weight excluding hydrogens is 577 g/mol. The monoisotopic (exact) mass is 613 g/mol. The van der Waals surface area contributed by atoms with Gasteiger partial charge in [-0.05, 0) is 66.4 Å². The molecule has 3 amide bonds. The van der Waals surface area contributed by atoms with Crippen LogP contribution in [-0.4, -0.2) is 34.2 Å². The first-order valence-corrected chi connectivity index (χ1v) is 16.1. The van der Waals surface area contributed by atoms with Crippen LogP contribution in [0.5, 0.6) is 0 Å². The van der Waals surface area contributed by atoms with Gasteiger partial charge in [-0.25, -0.2) is 4.39 Å². The maximum absolute atomic E-state index is 14.7. The SMILES string of the molecule is Nc1c(C(=O)NC2CCCCC2)nsc1C(=O)N(c1cccc2ccccc12)[C@@H](C(=O)NC1CCCC1)c1ccc(F)cc1. The number of hydrogen-bond acceptors (Lipinski definition) is 6. The largest absolute Gasteiger partial charge is 0.395 e. The van der Waals surface area contributed by atoms with Gasteiger partial charge in [0.1, 0.15) is 16.7 Å². The van der Waals surface area contributed by atoms with Crippen molar-refractivity contribution in [3.05, 3.63) is 88.7 Å². The lowest BCUT2D eigenvalue weighted by molar-refractivity contribution is -0.123. The third-order valence-electron chi connectivity index (χ3n) is 8.72. The van der Waals surface area contributed by atoms with E-state index in [0.29, 0.717) is 11.3 Å². The molecule has 2 aliphatic carbocycles. The highest BCUT2D eigenvalue weighted by Gasteiger charge is 2.38. The van der Waals surface area contributed by atoms with Gasteiger partial charge < -0.3 is 16.4 Å². The van der Waals surface area contributed by atoms with Crippen LogP contribution in [0.2, 0.25) is 0 Å². The predicted octanol–water partition coefficient (Wildman–Crippen LogP) is 6.53. The van der Waals surface area contributed by atoms with Gasteiger partial charge >= 0.3 is 0 Å². The second kappa shape index (κ2) is 13.1. The first kappa shape index (κ1) is 29.7. The fourth-order valence-corrected chi connectivity index (χ4v) is 7.16. The minimum atomic E-state index is -1.14. The lowest BCUT2D eigenvalue weighted by Gasteiger charge is -2.33. The van der Waals surface area contributed by atoms with Gasteiger partial charge in [-0.2, -0.15) is 4.37 Å². The number of hydrogen-bond donors (Lipinski definition) is 3. The molecule has 4 N–H and O–H groups in total. The number of nitrogens with zero attached hydrogens (tertiary/aromatic N) is 2. The van der Waals surface area contributed by atoms with Crippen molar-refractivity contribution >= 4 is 51.4 Å². The molecule has 10 heteroatoms. The highest BCUT2D eigenvalue weighted by Crippen LogP contribution is 2.37. The first-order chi connectivity index (χ1) is 21.4. The van der Waals surface area contributed by atoms with Gasteiger partial charge in [0.2, 0.25) is 5.91 Å². The summed E-state index contributed by atoms with van der Waals surface area (Å²) in [4.78, 5) is 43.6. The summed E-state index contributed by atoms with van der Waals surface area (Å²) in [6, 6.07) is 17.6. The van der Waals surface area contributed by atoms with Gasteiger partial charge in [0.15, 0.2) is 5.69 Å². The summed E-state index contributed by atoms with van der Waals surface area (Å²) in [6.07, 6.45) is 8.78. The number of fused-ring (bicyclic) bond motifs is 1. The molecule has 0 saturated heterocycles. The number of nitrogens with one attached hydrogen (secondary N) is 2. The first-order valence-electron chi connectivity index (χ1n) is 15.3. The Hall–Kier alpha value is -4.31. The van der Waals surface area contributed by atoms with Gasteiger partial charge in [0.25, 0.3) is 11.8 Å². The fraction of sp³-hybridized carbons (Fsp3) is 0.353. The Kier molecular flexibility index (Phi) is 8.88. The summed E-state index contributed by atoms with van der Waals surface area (Å²) >= 11 is 0.844. The van der Waals surface area contributed by atoms with E-state index in [4.69, 9.17) is 5.73 Å². The van der Waals surface area contributed by atoms with Crippen LogP contribution >= 0.6 is 11.5 Å². The second-order valence-electron chi connectivity index (χ2n) is 11.7. The Bertz CT molecular complexity index is 1660. The van der Waals surface area contributed by atoms with Crippen molar-refractivity contribution in [1.29, 1.82) is 0 Å². The molecule has 1 heterocycles. The van der Waals surface area contributed by atoms with Crippen molar-refractivity contribution in [2.24, 2.45) is 0 Å². The summed E-state index contributed by atoms with van der Waals surface area (Å²) in [5.41, 5.74) is 7.42. The predicted molar refractivity (Wildman–Crippen MR) is 171 cm³/mol. The Morgan fingerprint density at radius 1 is 0.841 bits per heavy atom. The highest BCUT2D eigenvalue weighted by molar-refractivity contribution is 7.09. The Morgan fingerprint density at radius 3 is 2.20 bits per heavy atom. The maximum atomic E-state index is 14.7. The molecule has 0 bridgehead atoms.